The number of carbonyl (C=O) groups excluding carboxylic acids is 1. The smallest absolute Gasteiger partial charge is 0.412 e. The molecule has 5 heteroatoms. The normalized spacial score (nSPS) is 27.2. The lowest BCUT2D eigenvalue weighted by Gasteiger charge is -2.38. The SMILES string of the molecule is CCC(CC)[C@H]1OC[C@@](C)(CO)N1C(=O)OC(C)(C)C. The highest BCUT2D eigenvalue weighted by atomic mass is 16.6. The topological polar surface area (TPSA) is 59.0 Å². The zero-order valence-electron chi connectivity index (χ0n) is 13.6. The summed E-state index contributed by atoms with van der Waals surface area (Å²) in [4.78, 5) is 14.1. The fraction of sp³-hybridized carbons (Fsp3) is 0.933. The summed E-state index contributed by atoms with van der Waals surface area (Å²) in [5.74, 6) is 0.246. The van der Waals surface area contributed by atoms with E-state index in [1.54, 1.807) is 4.90 Å². The van der Waals surface area contributed by atoms with Gasteiger partial charge in [-0.25, -0.2) is 4.79 Å². The molecule has 1 amide bonds. The molecule has 1 saturated heterocycles. The Kier molecular flexibility index (Phi) is 5.44. The van der Waals surface area contributed by atoms with Gasteiger partial charge in [-0.1, -0.05) is 13.8 Å². The van der Waals surface area contributed by atoms with Crippen LogP contribution in [0, 0.1) is 5.92 Å². The molecule has 1 fully saturated rings. The molecule has 1 heterocycles. The van der Waals surface area contributed by atoms with Crippen LogP contribution in [0.15, 0.2) is 0 Å². The van der Waals surface area contributed by atoms with Crippen molar-refractivity contribution in [1.82, 2.24) is 4.90 Å². The maximum Gasteiger partial charge on any atom is 0.412 e. The lowest BCUT2D eigenvalue weighted by atomic mass is 9.98. The third-order valence-corrected chi connectivity index (χ3v) is 3.78. The van der Waals surface area contributed by atoms with Crippen LogP contribution >= 0.6 is 0 Å². The van der Waals surface area contributed by atoms with Gasteiger partial charge in [-0.05, 0) is 40.5 Å². The number of nitrogens with zero attached hydrogens (tertiary/aromatic N) is 1. The van der Waals surface area contributed by atoms with Crippen molar-refractivity contribution in [3.05, 3.63) is 0 Å². The van der Waals surface area contributed by atoms with Crippen molar-refractivity contribution >= 4 is 6.09 Å². The molecule has 1 aliphatic rings. The van der Waals surface area contributed by atoms with E-state index < -0.39 is 17.2 Å². The van der Waals surface area contributed by atoms with Gasteiger partial charge in [0.15, 0.2) is 0 Å². The first-order valence-corrected chi connectivity index (χ1v) is 7.43. The van der Waals surface area contributed by atoms with Crippen LogP contribution in [-0.4, -0.2) is 46.7 Å². The summed E-state index contributed by atoms with van der Waals surface area (Å²) in [6.07, 6.45) is 1.10. The molecule has 0 aliphatic carbocycles. The van der Waals surface area contributed by atoms with Gasteiger partial charge in [0.2, 0.25) is 0 Å². The van der Waals surface area contributed by atoms with Crippen LogP contribution in [0.5, 0.6) is 0 Å². The molecular weight excluding hydrogens is 258 g/mol. The maximum absolute atomic E-state index is 12.5. The van der Waals surface area contributed by atoms with Gasteiger partial charge < -0.3 is 14.6 Å². The molecule has 0 bridgehead atoms. The molecule has 2 atom stereocenters. The Hall–Kier alpha value is -0.810. The van der Waals surface area contributed by atoms with Gasteiger partial charge in [0.25, 0.3) is 0 Å². The van der Waals surface area contributed by atoms with Crippen molar-refractivity contribution in [2.75, 3.05) is 13.2 Å². The molecule has 118 valence electrons. The van der Waals surface area contributed by atoms with Crippen molar-refractivity contribution in [2.45, 2.75) is 71.8 Å². The lowest BCUT2D eigenvalue weighted by molar-refractivity contribution is -0.0484. The van der Waals surface area contributed by atoms with E-state index in [1.807, 2.05) is 27.7 Å². The molecule has 0 aromatic carbocycles. The Morgan fingerprint density at radius 3 is 2.40 bits per heavy atom. The highest BCUT2D eigenvalue weighted by Gasteiger charge is 2.50. The summed E-state index contributed by atoms with van der Waals surface area (Å²) in [5.41, 5.74) is -1.27. The first kappa shape index (κ1) is 17.2. The van der Waals surface area contributed by atoms with Crippen LogP contribution in [0.1, 0.15) is 54.4 Å². The highest BCUT2D eigenvalue weighted by molar-refractivity contribution is 5.70. The van der Waals surface area contributed by atoms with Crippen molar-refractivity contribution in [2.24, 2.45) is 5.92 Å². The molecule has 5 nitrogen and oxygen atoms in total. The van der Waals surface area contributed by atoms with Crippen LogP contribution < -0.4 is 0 Å². The van der Waals surface area contributed by atoms with Crippen molar-refractivity contribution in [1.29, 1.82) is 0 Å². The van der Waals surface area contributed by atoms with Crippen LogP contribution in [0.2, 0.25) is 0 Å². The predicted octanol–water partition coefficient (Wildman–Crippen LogP) is 2.77. The molecule has 0 spiro atoms. The van der Waals surface area contributed by atoms with Crippen LogP contribution in [-0.2, 0) is 9.47 Å². The van der Waals surface area contributed by atoms with E-state index in [-0.39, 0.29) is 18.8 Å². The van der Waals surface area contributed by atoms with E-state index in [4.69, 9.17) is 9.47 Å². The molecule has 0 aromatic rings. The van der Waals surface area contributed by atoms with Gasteiger partial charge in [-0.3, -0.25) is 4.90 Å². The first-order chi connectivity index (χ1) is 9.18. The number of carbonyl (C=O) groups is 1. The Balaban J connectivity index is 3.00. The average Bonchev–Trinajstić information content (AvgIpc) is 2.68. The van der Waals surface area contributed by atoms with Gasteiger partial charge in [0.1, 0.15) is 11.8 Å². The Morgan fingerprint density at radius 1 is 1.45 bits per heavy atom. The van der Waals surface area contributed by atoms with E-state index in [9.17, 15) is 9.90 Å². The van der Waals surface area contributed by atoms with Crippen molar-refractivity contribution in [3.8, 4) is 0 Å². The molecule has 0 unspecified atom stereocenters. The summed E-state index contributed by atoms with van der Waals surface area (Å²) in [6, 6.07) is 0. The van der Waals surface area contributed by atoms with E-state index in [1.165, 1.54) is 0 Å². The number of aliphatic hydroxyl groups is 1. The van der Waals surface area contributed by atoms with Gasteiger partial charge in [0.05, 0.1) is 18.8 Å². The van der Waals surface area contributed by atoms with Gasteiger partial charge in [-0.15, -0.1) is 0 Å². The third kappa shape index (κ3) is 3.64. The molecule has 0 saturated carbocycles. The minimum Gasteiger partial charge on any atom is -0.444 e. The monoisotopic (exact) mass is 287 g/mol. The average molecular weight is 287 g/mol. The summed E-state index contributed by atoms with van der Waals surface area (Å²) in [5, 5.41) is 9.66. The van der Waals surface area contributed by atoms with E-state index >= 15 is 0 Å². The lowest BCUT2D eigenvalue weighted by Crippen LogP contribution is -2.55. The minimum absolute atomic E-state index is 0.136. The zero-order chi connectivity index (χ0) is 15.6. The van der Waals surface area contributed by atoms with Gasteiger partial charge in [-0.2, -0.15) is 0 Å². The minimum atomic E-state index is -0.713. The Labute approximate surface area is 122 Å². The summed E-state index contributed by atoms with van der Waals surface area (Å²) < 4.78 is 11.3. The number of rotatable bonds is 4. The van der Waals surface area contributed by atoms with E-state index in [0.29, 0.717) is 6.61 Å². The molecule has 0 aromatic heterocycles. The summed E-state index contributed by atoms with van der Waals surface area (Å²) in [6.45, 7) is 11.7. The number of aliphatic hydroxyl groups excluding tert-OH is 1. The third-order valence-electron chi connectivity index (χ3n) is 3.78. The summed E-state index contributed by atoms with van der Waals surface area (Å²) in [7, 11) is 0. The number of hydrogen-bond acceptors (Lipinski definition) is 4. The van der Waals surface area contributed by atoms with Crippen LogP contribution in [0.3, 0.4) is 0 Å². The molecule has 1 aliphatic heterocycles. The van der Waals surface area contributed by atoms with Gasteiger partial charge in [0, 0.05) is 5.92 Å². The van der Waals surface area contributed by atoms with Crippen molar-refractivity contribution in [3.63, 3.8) is 0 Å². The second-order valence-corrected chi connectivity index (χ2v) is 6.78. The molecule has 0 radical (unpaired) electrons. The van der Waals surface area contributed by atoms with E-state index in [0.717, 1.165) is 12.8 Å². The first-order valence-electron chi connectivity index (χ1n) is 7.43. The molecule has 1 rings (SSSR count). The predicted molar refractivity (Wildman–Crippen MR) is 77.4 cm³/mol. The quantitative estimate of drug-likeness (QED) is 0.863. The summed E-state index contributed by atoms with van der Waals surface area (Å²) >= 11 is 0. The zero-order valence-corrected chi connectivity index (χ0v) is 13.6. The standard InChI is InChI=1S/C15H29NO4/c1-7-11(8-2)12-16(13(18)20-14(3,4)5)15(6,9-17)10-19-12/h11-12,17H,7-10H2,1-6H3/t12-,15-/m1/s1. The maximum atomic E-state index is 12.5. The van der Waals surface area contributed by atoms with Crippen molar-refractivity contribution < 1.29 is 19.4 Å². The fourth-order valence-corrected chi connectivity index (χ4v) is 2.51. The fourth-order valence-electron chi connectivity index (χ4n) is 2.51. The molecule has 20 heavy (non-hydrogen) atoms. The van der Waals surface area contributed by atoms with Crippen LogP contribution in [0.4, 0.5) is 4.79 Å². The second kappa shape index (κ2) is 6.31. The number of hydrogen-bond donors (Lipinski definition) is 1. The van der Waals surface area contributed by atoms with Crippen LogP contribution in [0.25, 0.3) is 0 Å². The number of amides is 1. The van der Waals surface area contributed by atoms with Gasteiger partial charge >= 0.3 is 6.09 Å². The molecular formula is C15H29NO4. The second-order valence-electron chi connectivity index (χ2n) is 6.78. The Bertz CT molecular complexity index is 335. The molecule has 1 N–H and O–H groups in total. The number of ether oxygens (including phenoxy) is 2. The Morgan fingerprint density at radius 2 is 2.00 bits per heavy atom. The largest absolute Gasteiger partial charge is 0.444 e. The van der Waals surface area contributed by atoms with E-state index in [2.05, 4.69) is 13.8 Å². The highest BCUT2D eigenvalue weighted by Crippen LogP contribution is 2.34.